The lowest BCUT2D eigenvalue weighted by atomic mass is 9.74. The van der Waals surface area contributed by atoms with Crippen LogP contribution in [0.4, 0.5) is 0 Å². The molecule has 2 N–H and O–H groups in total. The third-order valence-corrected chi connectivity index (χ3v) is 6.49. The molecular formula is C23H23N3O2S. The predicted molar refractivity (Wildman–Crippen MR) is 114 cm³/mol. The van der Waals surface area contributed by atoms with Crippen molar-refractivity contribution >= 4 is 23.2 Å². The Balaban J connectivity index is 1.54. The number of benzene rings is 1. The first-order valence-corrected chi connectivity index (χ1v) is 10.6. The van der Waals surface area contributed by atoms with Crippen molar-refractivity contribution in [3.05, 3.63) is 77.4 Å². The lowest BCUT2D eigenvalue weighted by Crippen LogP contribution is -2.53. The van der Waals surface area contributed by atoms with Crippen LogP contribution in [0.3, 0.4) is 0 Å². The molecule has 0 bridgehead atoms. The summed E-state index contributed by atoms with van der Waals surface area (Å²) in [6, 6.07) is 17.7. The van der Waals surface area contributed by atoms with Gasteiger partial charge in [0.15, 0.2) is 0 Å². The normalized spacial score (nSPS) is 19.1. The van der Waals surface area contributed by atoms with Gasteiger partial charge in [0.1, 0.15) is 5.69 Å². The van der Waals surface area contributed by atoms with Gasteiger partial charge in [0.2, 0.25) is 5.91 Å². The zero-order valence-corrected chi connectivity index (χ0v) is 16.9. The monoisotopic (exact) mass is 405 g/mol. The van der Waals surface area contributed by atoms with E-state index in [9.17, 15) is 9.59 Å². The molecule has 148 valence electrons. The van der Waals surface area contributed by atoms with Gasteiger partial charge in [-0.25, -0.2) is 0 Å². The Labute approximate surface area is 174 Å². The molecule has 0 saturated carbocycles. The Hall–Kier alpha value is -2.99. The van der Waals surface area contributed by atoms with Crippen molar-refractivity contribution in [2.24, 2.45) is 11.1 Å². The second-order valence-corrected chi connectivity index (χ2v) is 8.49. The minimum absolute atomic E-state index is 0.149. The maximum atomic E-state index is 12.9. The smallest absolute Gasteiger partial charge is 0.272 e. The zero-order valence-electron chi connectivity index (χ0n) is 16.1. The lowest BCUT2D eigenvalue weighted by molar-refractivity contribution is -0.130. The summed E-state index contributed by atoms with van der Waals surface area (Å²) in [4.78, 5) is 32.5. The highest BCUT2D eigenvalue weighted by Crippen LogP contribution is 2.35. The van der Waals surface area contributed by atoms with Gasteiger partial charge in [-0.2, -0.15) is 0 Å². The summed E-state index contributed by atoms with van der Waals surface area (Å²) in [6.07, 6.45) is 3.56. The number of aromatic nitrogens is 1. The number of rotatable bonds is 5. The van der Waals surface area contributed by atoms with Crippen LogP contribution >= 0.6 is 11.3 Å². The summed E-state index contributed by atoms with van der Waals surface area (Å²) in [5.74, 6) is -0.498. The van der Waals surface area contributed by atoms with Crippen molar-refractivity contribution < 1.29 is 9.59 Å². The number of piperidine rings is 1. The molecule has 1 saturated heterocycles. The summed E-state index contributed by atoms with van der Waals surface area (Å²) in [5.41, 5.74) is 7.72. The van der Waals surface area contributed by atoms with Crippen LogP contribution in [0.15, 0.2) is 66.2 Å². The van der Waals surface area contributed by atoms with Crippen molar-refractivity contribution in [1.82, 2.24) is 9.88 Å². The van der Waals surface area contributed by atoms with E-state index in [1.807, 2.05) is 6.07 Å². The fourth-order valence-corrected chi connectivity index (χ4v) is 4.74. The van der Waals surface area contributed by atoms with Gasteiger partial charge in [-0.15, -0.1) is 11.3 Å². The Morgan fingerprint density at radius 3 is 2.59 bits per heavy atom. The highest BCUT2D eigenvalue weighted by molar-refractivity contribution is 7.13. The quantitative estimate of drug-likeness (QED) is 0.702. The van der Waals surface area contributed by atoms with Crippen LogP contribution in [-0.2, 0) is 11.2 Å². The molecule has 1 aromatic carbocycles. The number of nitrogens with two attached hydrogens (primary N) is 1. The highest BCUT2D eigenvalue weighted by Gasteiger charge is 2.42. The molecule has 6 heteroatoms. The van der Waals surface area contributed by atoms with E-state index >= 15 is 0 Å². The van der Waals surface area contributed by atoms with Crippen LogP contribution in [0, 0.1) is 5.41 Å². The van der Waals surface area contributed by atoms with Crippen molar-refractivity contribution in [1.29, 1.82) is 0 Å². The zero-order chi connectivity index (χ0) is 20.3. The SMILES string of the molecule is NC(=O)C1(Cc2ccc(-c3cccs3)cc2)CCCN(C(=O)c2ccccn2)C1. The average Bonchev–Trinajstić information content (AvgIpc) is 3.29. The molecule has 3 heterocycles. The molecule has 1 atom stereocenters. The Morgan fingerprint density at radius 2 is 1.93 bits per heavy atom. The minimum atomic E-state index is -0.757. The van der Waals surface area contributed by atoms with Crippen LogP contribution in [0.1, 0.15) is 28.9 Å². The van der Waals surface area contributed by atoms with Gasteiger partial charge in [0.25, 0.3) is 5.91 Å². The molecule has 1 unspecified atom stereocenters. The highest BCUT2D eigenvalue weighted by atomic mass is 32.1. The maximum absolute atomic E-state index is 12.9. The number of likely N-dealkylation sites (tertiary alicyclic amines) is 1. The number of hydrogen-bond acceptors (Lipinski definition) is 4. The average molecular weight is 406 g/mol. The second kappa shape index (κ2) is 8.17. The third kappa shape index (κ3) is 4.07. The van der Waals surface area contributed by atoms with Crippen LogP contribution in [-0.4, -0.2) is 34.8 Å². The number of hydrogen-bond donors (Lipinski definition) is 1. The summed E-state index contributed by atoms with van der Waals surface area (Å²) < 4.78 is 0. The van der Waals surface area contributed by atoms with E-state index < -0.39 is 5.41 Å². The van der Waals surface area contributed by atoms with Crippen LogP contribution in [0.5, 0.6) is 0 Å². The summed E-state index contributed by atoms with van der Waals surface area (Å²) in [6.45, 7) is 0.937. The molecule has 5 nitrogen and oxygen atoms in total. The number of nitrogens with zero attached hydrogens (tertiary/aromatic N) is 2. The molecule has 29 heavy (non-hydrogen) atoms. The summed E-state index contributed by atoms with van der Waals surface area (Å²) in [7, 11) is 0. The third-order valence-electron chi connectivity index (χ3n) is 5.57. The van der Waals surface area contributed by atoms with Crippen molar-refractivity contribution in [3.8, 4) is 10.4 Å². The van der Waals surface area contributed by atoms with Crippen LogP contribution in [0.25, 0.3) is 10.4 Å². The van der Waals surface area contributed by atoms with Gasteiger partial charge in [0, 0.05) is 24.2 Å². The van der Waals surface area contributed by atoms with E-state index in [1.165, 1.54) is 4.88 Å². The van der Waals surface area contributed by atoms with Gasteiger partial charge in [-0.3, -0.25) is 14.6 Å². The van der Waals surface area contributed by atoms with Gasteiger partial charge in [-0.05, 0) is 54.0 Å². The molecule has 4 rings (SSSR count). The van der Waals surface area contributed by atoms with Crippen molar-refractivity contribution in [2.75, 3.05) is 13.1 Å². The standard InChI is InChI=1S/C23H23N3O2S/c24-22(28)23(15-17-7-9-18(10-8-17)20-6-3-14-29-20)11-4-13-26(16-23)21(27)19-5-1-2-12-25-19/h1-3,5-10,12,14H,4,11,13,15-16H2,(H2,24,28). The lowest BCUT2D eigenvalue weighted by Gasteiger charge is -2.40. The number of carbonyl (C=O) groups is 2. The number of primary amides is 1. The maximum Gasteiger partial charge on any atom is 0.272 e. The van der Waals surface area contributed by atoms with Crippen molar-refractivity contribution in [2.45, 2.75) is 19.3 Å². The molecule has 0 spiro atoms. The Bertz CT molecular complexity index is 987. The van der Waals surface area contributed by atoms with E-state index in [-0.39, 0.29) is 11.8 Å². The number of amides is 2. The van der Waals surface area contributed by atoms with E-state index in [1.54, 1.807) is 40.6 Å². The largest absolute Gasteiger partial charge is 0.369 e. The second-order valence-electron chi connectivity index (χ2n) is 7.54. The van der Waals surface area contributed by atoms with Gasteiger partial charge >= 0.3 is 0 Å². The molecule has 2 amide bonds. The minimum Gasteiger partial charge on any atom is -0.369 e. The fourth-order valence-electron chi connectivity index (χ4n) is 4.01. The number of thiophene rings is 1. The van der Waals surface area contributed by atoms with Crippen LogP contribution in [0.2, 0.25) is 0 Å². The van der Waals surface area contributed by atoms with E-state index in [0.29, 0.717) is 31.6 Å². The molecule has 1 aliphatic heterocycles. The number of pyridine rings is 1. The Morgan fingerprint density at radius 1 is 1.10 bits per heavy atom. The van der Waals surface area contributed by atoms with Gasteiger partial charge in [-0.1, -0.05) is 36.4 Å². The van der Waals surface area contributed by atoms with E-state index in [0.717, 1.165) is 17.5 Å². The topological polar surface area (TPSA) is 76.3 Å². The Kier molecular flexibility index (Phi) is 5.45. The molecule has 3 aromatic rings. The summed E-state index contributed by atoms with van der Waals surface area (Å²) >= 11 is 1.70. The number of carbonyl (C=O) groups excluding carboxylic acids is 2. The molecule has 1 aliphatic rings. The van der Waals surface area contributed by atoms with Gasteiger partial charge < -0.3 is 10.6 Å². The molecule has 2 aromatic heterocycles. The molecule has 0 aliphatic carbocycles. The van der Waals surface area contributed by atoms with E-state index in [4.69, 9.17) is 5.73 Å². The molecular weight excluding hydrogens is 382 g/mol. The summed E-state index contributed by atoms with van der Waals surface area (Å²) in [5, 5.41) is 2.06. The van der Waals surface area contributed by atoms with Gasteiger partial charge in [0.05, 0.1) is 5.41 Å². The molecule has 1 fully saturated rings. The van der Waals surface area contributed by atoms with Crippen LogP contribution < -0.4 is 5.73 Å². The first-order chi connectivity index (χ1) is 14.1. The van der Waals surface area contributed by atoms with E-state index in [2.05, 4.69) is 40.7 Å². The first-order valence-electron chi connectivity index (χ1n) is 9.70. The predicted octanol–water partition coefficient (Wildman–Crippen LogP) is 3.76. The first kappa shape index (κ1) is 19.3. The molecule has 0 radical (unpaired) electrons. The fraction of sp³-hybridized carbons (Fsp3) is 0.261. The van der Waals surface area contributed by atoms with Crippen molar-refractivity contribution in [3.63, 3.8) is 0 Å².